The summed E-state index contributed by atoms with van der Waals surface area (Å²) in [4.78, 5) is 30.7. The van der Waals surface area contributed by atoms with Gasteiger partial charge in [0, 0.05) is 58.2 Å². The maximum absolute atomic E-state index is 12.9. The van der Waals surface area contributed by atoms with Crippen LogP contribution in [0, 0.1) is 0 Å². The smallest absolute Gasteiger partial charge is 0.317 e. The predicted molar refractivity (Wildman–Crippen MR) is 108 cm³/mol. The van der Waals surface area contributed by atoms with Gasteiger partial charge in [-0.1, -0.05) is 0 Å². The van der Waals surface area contributed by atoms with Crippen LogP contribution in [0.15, 0.2) is 12.4 Å². The number of hydrogen-bond acceptors (Lipinski definition) is 6. The number of carbonyl (C=O) groups excluding carboxylic acids is 2. The van der Waals surface area contributed by atoms with Crippen LogP contribution >= 0.6 is 0 Å². The Labute approximate surface area is 169 Å². The fourth-order valence-corrected chi connectivity index (χ4v) is 3.76. The van der Waals surface area contributed by atoms with Crippen molar-refractivity contribution in [2.45, 2.75) is 32.4 Å². The summed E-state index contributed by atoms with van der Waals surface area (Å²) in [7, 11) is 0. The molecule has 2 aromatic heterocycles. The molecule has 0 spiro atoms. The lowest BCUT2D eigenvalue weighted by molar-refractivity contribution is 0.0903. The molecule has 2 aromatic rings. The Bertz CT molecular complexity index is 891. The second-order valence-corrected chi connectivity index (χ2v) is 7.25. The van der Waals surface area contributed by atoms with E-state index in [4.69, 9.17) is 4.74 Å². The van der Waals surface area contributed by atoms with Crippen LogP contribution < -0.4 is 16.0 Å². The number of aryl methyl sites for hydroxylation is 1. The summed E-state index contributed by atoms with van der Waals surface area (Å²) in [6.45, 7) is 6.30. The Hall–Kier alpha value is -2.88. The predicted octanol–water partition coefficient (Wildman–Crippen LogP) is 0.797. The summed E-state index contributed by atoms with van der Waals surface area (Å²) >= 11 is 0. The minimum Gasteiger partial charge on any atom is -0.381 e. The molecule has 156 valence electrons. The lowest BCUT2D eigenvalue weighted by Crippen LogP contribution is -2.37. The molecule has 10 nitrogen and oxygen atoms in total. The van der Waals surface area contributed by atoms with Gasteiger partial charge in [0.2, 0.25) is 0 Å². The van der Waals surface area contributed by atoms with Gasteiger partial charge in [-0.2, -0.15) is 5.10 Å². The summed E-state index contributed by atoms with van der Waals surface area (Å²) in [6, 6.07) is 0.148. The van der Waals surface area contributed by atoms with Crippen LogP contribution in [0.4, 0.5) is 10.5 Å². The molecule has 0 bridgehead atoms. The highest BCUT2D eigenvalue weighted by atomic mass is 16.5. The molecule has 4 heterocycles. The van der Waals surface area contributed by atoms with Crippen molar-refractivity contribution in [3.63, 3.8) is 0 Å². The number of amides is 3. The van der Waals surface area contributed by atoms with Gasteiger partial charge >= 0.3 is 6.03 Å². The van der Waals surface area contributed by atoms with E-state index in [1.807, 2.05) is 11.6 Å². The van der Waals surface area contributed by atoms with Crippen molar-refractivity contribution in [2.24, 2.45) is 0 Å². The average Bonchev–Trinajstić information content (AvgIpc) is 3.35. The second-order valence-electron chi connectivity index (χ2n) is 7.25. The molecular weight excluding hydrogens is 374 g/mol. The molecule has 2 saturated heterocycles. The van der Waals surface area contributed by atoms with Crippen molar-refractivity contribution in [3.8, 4) is 0 Å². The van der Waals surface area contributed by atoms with Crippen LogP contribution in [-0.4, -0.2) is 77.0 Å². The molecule has 0 radical (unpaired) electrons. The molecular formula is C19H27N7O3. The summed E-state index contributed by atoms with van der Waals surface area (Å²) in [5, 5.41) is 14.4. The fraction of sp³-hybridized carbons (Fsp3) is 0.579. The molecule has 0 aliphatic carbocycles. The molecule has 0 unspecified atom stereocenters. The van der Waals surface area contributed by atoms with Gasteiger partial charge in [-0.25, -0.2) is 14.5 Å². The first kappa shape index (κ1) is 19.4. The third-order valence-electron chi connectivity index (χ3n) is 5.39. The van der Waals surface area contributed by atoms with E-state index in [0.29, 0.717) is 51.5 Å². The highest BCUT2D eigenvalue weighted by Gasteiger charge is 2.23. The van der Waals surface area contributed by atoms with E-state index in [-0.39, 0.29) is 18.0 Å². The van der Waals surface area contributed by atoms with Crippen molar-refractivity contribution < 1.29 is 14.3 Å². The van der Waals surface area contributed by atoms with E-state index >= 15 is 0 Å². The average molecular weight is 401 g/mol. The van der Waals surface area contributed by atoms with Gasteiger partial charge in [-0.15, -0.1) is 0 Å². The molecule has 10 heteroatoms. The van der Waals surface area contributed by atoms with Gasteiger partial charge in [0.15, 0.2) is 5.65 Å². The number of urea groups is 1. The SMILES string of the molecule is CCn1ncc2c(NC3CCOCC3)c(C(=O)NCCN3CCNC3=O)cnc21. The van der Waals surface area contributed by atoms with Gasteiger partial charge in [0.25, 0.3) is 5.91 Å². The number of pyridine rings is 1. The van der Waals surface area contributed by atoms with Crippen molar-refractivity contribution in [2.75, 3.05) is 44.7 Å². The van der Waals surface area contributed by atoms with Crippen LogP contribution in [0.2, 0.25) is 0 Å². The zero-order chi connectivity index (χ0) is 20.2. The zero-order valence-electron chi connectivity index (χ0n) is 16.6. The number of fused-ring (bicyclic) bond motifs is 1. The Morgan fingerprint density at radius 3 is 2.90 bits per heavy atom. The highest BCUT2D eigenvalue weighted by Crippen LogP contribution is 2.28. The van der Waals surface area contributed by atoms with Crippen LogP contribution in [0.1, 0.15) is 30.1 Å². The van der Waals surface area contributed by atoms with Crippen LogP contribution in [0.25, 0.3) is 11.0 Å². The topological polar surface area (TPSA) is 113 Å². The van der Waals surface area contributed by atoms with E-state index in [1.165, 1.54) is 0 Å². The molecule has 0 atom stereocenters. The zero-order valence-corrected chi connectivity index (χ0v) is 16.6. The second kappa shape index (κ2) is 8.64. The maximum Gasteiger partial charge on any atom is 0.317 e. The van der Waals surface area contributed by atoms with Gasteiger partial charge in [0.1, 0.15) is 0 Å². The Balaban J connectivity index is 1.54. The van der Waals surface area contributed by atoms with E-state index in [9.17, 15) is 9.59 Å². The number of carbonyl (C=O) groups is 2. The van der Waals surface area contributed by atoms with E-state index in [1.54, 1.807) is 17.3 Å². The largest absolute Gasteiger partial charge is 0.381 e. The van der Waals surface area contributed by atoms with Gasteiger partial charge in [0.05, 0.1) is 22.8 Å². The van der Waals surface area contributed by atoms with Crippen LogP contribution in [0.3, 0.4) is 0 Å². The van der Waals surface area contributed by atoms with E-state index in [0.717, 1.165) is 29.6 Å². The molecule has 0 aromatic carbocycles. The number of anilines is 1. The van der Waals surface area contributed by atoms with Crippen molar-refractivity contribution >= 4 is 28.7 Å². The number of hydrogen-bond donors (Lipinski definition) is 3. The number of rotatable bonds is 7. The van der Waals surface area contributed by atoms with Crippen LogP contribution in [0.5, 0.6) is 0 Å². The van der Waals surface area contributed by atoms with Gasteiger partial charge < -0.3 is 25.6 Å². The van der Waals surface area contributed by atoms with E-state index < -0.39 is 0 Å². The van der Waals surface area contributed by atoms with Gasteiger partial charge in [-0.3, -0.25) is 4.79 Å². The number of nitrogens with zero attached hydrogens (tertiary/aromatic N) is 4. The minimum absolute atomic E-state index is 0.0869. The Morgan fingerprint density at radius 1 is 1.34 bits per heavy atom. The molecule has 0 saturated carbocycles. The fourth-order valence-electron chi connectivity index (χ4n) is 3.76. The summed E-state index contributed by atoms with van der Waals surface area (Å²) in [5.74, 6) is -0.210. The minimum atomic E-state index is -0.210. The summed E-state index contributed by atoms with van der Waals surface area (Å²) in [5.41, 5.74) is 2.01. The lowest BCUT2D eigenvalue weighted by atomic mass is 10.1. The first-order valence-electron chi connectivity index (χ1n) is 10.2. The molecule has 29 heavy (non-hydrogen) atoms. The maximum atomic E-state index is 12.9. The lowest BCUT2D eigenvalue weighted by Gasteiger charge is -2.25. The first-order chi connectivity index (χ1) is 14.2. The third kappa shape index (κ3) is 4.12. The molecule has 2 aliphatic rings. The molecule has 4 rings (SSSR count). The molecule has 2 fully saturated rings. The number of ether oxygens (including phenoxy) is 1. The van der Waals surface area contributed by atoms with Crippen molar-refractivity contribution in [3.05, 3.63) is 18.0 Å². The monoisotopic (exact) mass is 401 g/mol. The van der Waals surface area contributed by atoms with Crippen molar-refractivity contribution in [1.82, 2.24) is 30.3 Å². The van der Waals surface area contributed by atoms with E-state index in [2.05, 4.69) is 26.0 Å². The van der Waals surface area contributed by atoms with Gasteiger partial charge in [-0.05, 0) is 19.8 Å². The summed E-state index contributed by atoms with van der Waals surface area (Å²) < 4.78 is 7.27. The Kier molecular flexibility index (Phi) is 5.79. The Morgan fingerprint density at radius 2 is 2.17 bits per heavy atom. The normalized spacial score (nSPS) is 17.6. The first-order valence-corrected chi connectivity index (χ1v) is 10.2. The highest BCUT2D eigenvalue weighted by molar-refractivity contribution is 6.06. The molecule has 2 aliphatic heterocycles. The standard InChI is InChI=1S/C19H27N7O3/c1-2-26-17-14(12-23-26)16(24-13-3-9-29-10-4-13)15(11-22-17)18(27)20-5-7-25-8-6-21-19(25)28/h11-13H,2-10H2,1H3,(H,20,27)(H,21,28)(H,22,24). The van der Waals surface area contributed by atoms with Crippen LogP contribution in [-0.2, 0) is 11.3 Å². The number of aromatic nitrogens is 3. The molecule has 3 amide bonds. The molecule has 3 N–H and O–H groups in total. The number of nitrogens with one attached hydrogen (secondary N) is 3. The quantitative estimate of drug-likeness (QED) is 0.632. The van der Waals surface area contributed by atoms with Crippen molar-refractivity contribution in [1.29, 1.82) is 0 Å². The summed E-state index contributed by atoms with van der Waals surface area (Å²) in [6.07, 6.45) is 5.14. The third-order valence-corrected chi connectivity index (χ3v) is 5.39.